The molecule has 0 aliphatic carbocycles. The molecule has 2 heterocycles. The molecule has 0 aliphatic rings. The number of nitrogens with one attached hydrogen (secondary N) is 2. The van der Waals surface area contributed by atoms with Crippen molar-refractivity contribution in [3.8, 4) is 0 Å². The Morgan fingerprint density at radius 1 is 1.33 bits per heavy atom. The van der Waals surface area contributed by atoms with E-state index in [4.69, 9.17) is 0 Å². The van der Waals surface area contributed by atoms with Crippen LogP contribution in [0.5, 0.6) is 0 Å². The van der Waals surface area contributed by atoms with Gasteiger partial charge in [0, 0.05) is 35.8 Å². The summed E-state index contributed by atoms with van der Waals surface area (Å²) in [7, 11) is 0. The Balaban J connectivity index is 1.48. The van der Waals surface area contributed by atoms with Gasteiger partial charge in [-0.15, -0.1) is 0 Å². The number of rotatable bonds is 6. The number of aromatic nitrogens is 3. The molecule has 1 amide bonds. The van der Waals surface area contributed by atoms with Crippen molar-refractivity contribution in [3.05, 3.63) is 51.9 Å². The van der Waals surface area contributed by atoms with Crippen LogP contribution in [0.15, 0.2) is 34.9 Å². The highest BCUT2D eigenvalue weighted by molar-refractivity contribution is 9.10. The van der Waals surface area contributed by atoms with E-state index in [9.17, 15) is 4.79 Å². The highest BCUT2D eigenvalue weighted by Gasteiger charge is 2.10. The number of aryl methyl sites for hydroxylation is 2. The van der Waals surface area contributed by atoms with E-state index < -0.39 is 0 Å². The van der Waals surface area contributed by atoms with E-state index in [-0.39, 0.29) is 5.91 Å². The number of fused-ring (bicyclic) bond motifs is 1. The number of halogens is 1. The SMILES string of the molecule is Cc1nn(CCC(=O)NCCc2c[nH]c3ccccc23)c(C)c1Br. The third kappa shape index (κ3) is 3.53. The number of carbonyl (C=O) groups excluding carboxylic acids is 1. The van der Waals surface area contributed by atoms with Gasteiger partial charge < -0.3 is 10.3 Å². The average Bonchev–Trinajstić information content (AvgIpc) is 3.10. The Morgan fingerprint density at radius 2 is 2.12 bits per heavy atom. The Kier molecular flexibility index (Phi) is 5.04. The molecule has 2 aromatic heterocycles. The third-order valence-electron chi connectivity index (χ3n) is 4.24. The predicted molar refractivity (Wildman–Crippen MR) is 99.0 cm³/mol. The second kappa shape index (κ2) is 7.21. The maximum absolute atomic E-state index is 12.0. The van der Waals surface area contributed by atoms with E-state index in [1.54, 1.807) is 0 Å². The van der Waals surface area contributed by atoms with Crippen molar-refractivity contribution in [2.75, 3.05) is 6.54 Å². The smallest absolute Gasteiger partial charge is 0.221 e. The van der Waals surface area contributed by atoms with Gasteiger partial charge in [-0.3, -0.25) is 9.48 Å². The van der Waals surface area contributed by atoms with Crippen molar-refractivity contribution in [2.45, 2.75) is 33.2 Å². The summed E-state index contributed by atoms with van der Waals surface area (Å²) in [5.74, 6) is 0.0542. The van der Waals surface area contributed by atoms with Crippen molar-refractivity contribution >= 4 is 32.7 Å². The molecule has 0 bridgehead atoms. The van der Waals surface area contributed by atoms with Crippen LogP contribution in [0.25, 0.3) is 10.9 Å². The third-order valence-corrected chi connectivity index (χ3v) is 5.38. The van der Waals surface area contributed by atoms with Gasteiger partial charge in [-0.25, -0.2) is 0 Å². The predicted octanol–water partition coefficient (Wildman–Crippen LogP) is 3.49. The molecule has 24 heavy (non-hydrogen) atoms. The Bertz CT molecular complexity index is 865. The lowest BCUT2D eigenvalue weighted by atomic mass is 10.1. The first kappa shape index (κ1) is 16.8. The molecule has 0 spiro atoms. The zero-order chi connectivity index (χ0) is 17.1. The number of hydrogen-bond donors (Lipinski definition) is 2. The molecule has 0 saturated carbocycles. The fourth-order valence-electron chi connectivity index (χ4n) is 2.86. The van der Waals surface area contributed by atoms with Gasteiger partial charge in [0.1, 0.15) is 0 Å². The molecular formula is C18H21BrN4O. The van der Waals surface area contributed by atoms with Crippen LogP contribution in [-0.4, -0.2) is 27.2 Å². The summed E-state index contributed by atoms with van der Waals surface area (Å²) in [5.41, 5.74) is 4.37. The van der Waals surface area contributed by atoms with Gasteiger partial charge in [0.25, 0.3) is 0 Å². The molecule has 0 saturated heterocycles. The lowest BCUT2D eigenvalue weighted by Gasteiger charge is -2.06. The molecule has 1 aromatic carbocycles. The molecule has 0 aliphatic heterocycles. The molecule has 3 aromatic rings. The fraction of sp³-hybridized carbons (Fsp3) is 0.333. The number of benzene rings is 1. The van der Waals surface area contributed by atoms with E-state index in [2.05, 4.69) is 43.5 Å². The van der Waals surface area contributed by atoms with Crippen LogP contribution in [0.1, 0.15) is 23.4 Å². The summed E-state index contributed by atoms with van der Waals surface area (Å²) in [5, 5.41) is 8.64. The Hall–Kier alpha value is -2.08. The number of amides is 1. The summed E-state index contributed by atoms with van der Waals surface area (Å²) in [4.78, 5) is 15.3. The Morgan fingerprint density at radius 3 is 2.88 bits per heavy atom. The molecule has 0 fully saturated rings. The van der Waals surface area contributed by atoms with Crippen molar-refractivity contribution in [1.82, 2.24) is 20.1 Å². The molecule has 3 rings (SSSR count). The van der Waals surface area contributed by atoms with Crippen LogP contribution < -0.4 is 5.32 Å². The van der Waals surface area contributed by atoms with Gasteiger partial charge in [0.2, 0.25) is 5.91 Å². The molecule has 0 unspecified atom stereocenters. The summed E-state index contributed by atoms with van der Waals surface area (Å²) in [6.45, 7) is 5.19. The molecule has 6 heteroatoms. The normalized spacial score (nSPS) is 11.1. The first-order chi connectivity index (χ1) is 11.6. The van der Waals surface area contributed by atoms with Crippen LogP contribution in [0, 0.1) is 13.8 Å². The standard InChI is InChI=1S/C18H21BrN4O/c1-12-18(19)13(2)23(22-12)10-8-17(24)20-9-7-14-11-21-16-6-4-3-5-15(14)16/h3-6,11,21H,7-10H2,1-2H3,(H,20,24). The van der Waals surface area contributed by atoms with E-state index in [1.165, 1.54) is 10.9 Å². The minimum Gasteiger partial charge on any atom is -0.361 e. The average molecular weight is 389 g/mol. The van der Waals surface area contributed by atoms with Crippen molar-refractivity contribution in [1.29, 1.82) is 0 Å². The molecule has 126 valence electrons. The first-order valence-electron chi connectivity index (χ1n) is 8.07. The summed E-state index contributed by atoms with van der Waals surface area (Å²) in [6, 6.07) is 8.21. The molecule has 5 nitrogen and oxygen atoms in total. The van der Waals surface area contributed by atoms with Gasteiger partial charge in [-0.05, 0) is 47.8 Å². The number of para-hydroxylation sites is 1. The van der Waals surface area contributed by atoms with Crippen molar-refractivity contribution in [2.24, 2.45) is 0 Å². The molecule has 2 N–H and O–H groups in total. The number of carbonyl (C=O) groups is 1. The highest BCUT2D eigenvalue weighted by atomic mass is 79.9. The number of H-pyrrole nitrogens is 1. The molecular weight excluding hydrogens is 368 g/mol. The van der Waals surface area contributed by atoms with E-state index in [0.717, 1.165) is 27.8 Å². The molecule has 0 atom stereocenters. The summed E-state index contributed by atoms with van der Waals surface area (Å²) in [6.07, 6.45) is 3.27. The van der Waals surface area contributed by atoms with Gasteiger partial charge in [0.05, 0.1) is 16.7 Å². The maximum Gasteiger partial charge on any atom is 0.221 e. The fourth-order valence-corrected chi connectivity index (χ4v) is 3.15. The number of nitrogens with zero attached hydrogens (tertiary/aromatic N) is 2. The lowest BCUT2D eigenvalue weighted by Crippen LogP contribution is -2.26. The summed E-state index contributed by atoms with van der Waals surface area (Å²) >= 11 is 3.50. The Labute approximate surface area is 149 Å². The molecule has 0 radical (unpaired) electrons. The second-order valence-corrected chi connectivity index (χ2v) is 6.71. The topological polar surface area (TPSA) is 62.7 Å². The van der Waals surface area contributed by atoms with Crippen LogP contribution in [0.3, 0.4) is 0 Å². The van der Waals surface area contributed by atoms with Crippen LogP contribution in [0.4, 0.5) is 0 Å². The van der Waals surface area contributed by atoms with Crippen molar-refractivity contribution < 1.29 is 4.79 Å². The van der Waals surface area contributed by atoms with Crippen LogP contribution in [-0.2, 0) is 17.8 Å². The number of hydrogen-bond acceptors (Lipinski definition) is 2. The monoisotopic (exact) mass is 388 g/mol. The van der Waals surface area contributed by atoms with E-state index in [0.29, 0.717) is 19.5 Å². The zero-order valence-electron chi connectivity index (χ0n) is 13.9. The van der Waals surface area contributed by atoms with E-state index >= 15 is 0 Å². The highest BCUT2D eigenvalue weighted by Crippen LogP contribution is 2.20. The van der Waals surface area contributed by atoms with Gasteiger partial charge in [-0.2, -0.15) is 5.10 Å². The first-order valence-corrected chi connectivity index (χ1v) is 8.86. The minimum atomic E-state index is 0.0542. The maximum atomic E-state index is 12.0. The van der Waals surface area contributed by atoms with Gasteiger partial charge in [-0.1, -0.05) is 18.2 Å². The quantitative estimate of drug-likeness (QED) is 0.678. The number of aromatic amines is 1. The minimum absolute atomic E-state index is 0.0542. The lowest BCUT2D eigenvalue weighted by molar-refractivity contribution is -0.121. The summed E-state index contributed by atoms with van der Waals surface area (Å²) < 4.78 is 2.89. The van der Waals surface area contributed by atoms with Gasteiger partial charge in [0.15, 0.2) is 0 Å². The van der Waals surface area contributed by atoms with Crippen LogP contribution in [0.2, 0.25) is 0 Å². The van der Waals surface area contributed by atoms with Gasteiger partial charge >= 0.3 is 0 Å². The second-order valence-electron chi connectivity index (χ2n) is 5.92. The zero-order valence-corrected chi connectivity index (χ0v) is 15.5. The van der Waals surface area contributed by atoms with E-state index in [1.807, 2.05) is 36.9 Å². The van der Waals surface area contributed by atoms with Crippen LogP contribution >= 0.6 is 15.9 Å². The largest absolute Gasteiger partial charge is 0.361 e. The van der Waals surface area contributed by atoms with Crippen molar-refractivity contribution in [3.63, 3.8) is 0 Å².